The van der Waals surface area contributed by atoms with Crippen molar-refractivity contribution in [2.24, 2.45) is 5.92 Å². The quantitative estimate of drug-likeness (QED) is 0.722. The molecule has 1 unspecified atom stereocenters. The lowest BCUT2D eigenvalue weighted by Gasteiger charge is -2.14. The van der Waals surface area contributed by atoms with Crippen molar-refractivity contribution in [1.82, 2.24) is 0 Å². The topological polar surface area (TPSA) is 43.4 Å². The smallest absolute Gasteiger partial charge is 0.266 e. The zero-order valence-corrected chi connectivity index (χ0v) is 13.9. The van der Waals surface area contributed by atoms with Gasteiger partial charge in [0.05, 0.1) is 11.5 Å². The van der Waals surface area contributed by atoms with E-state index in [4.69, 9.17) is 4.18 Å². The van der Waals surface area contributed by atoms with Gasteiger partial charge in [0.1, 0.15) is 0 Å². The van der Waals surface area contributed by atoms with Crippen LogP contribution in [0.15, 0.2) is 46.7 Å². The molecular weight excluding hydrogens is 304 g/mol. The standard InChI is InChI=1S/C16H20O3S2/c1-3-14(11-15-5-4-10-20-15)12-19-21(17,18)16-8-6-13(2)7-9-16/h4-10,14H,3,11-12H2,1-2H3. The summed E-state index contributed by atoms with van der Waals surface area (Å²) in [6.45, 7) is 4.20. The molecule has 0 saturated carbocycles. The lowest BCUT2D eigenvalue weighted by atomic mass is 10.0. The molecule has 0 bridgehead atoms. The van der Waals surface area contributed by atoms with Crippen LogP contribution in [0, 0.1) is 12.8 Å². The lowest BCUT2D eigenvalue weighted by Crippen LogP contribution is -2.16. The summed E-state index contributed by atoms with van der Waals surface area (Å²) in [6.07, 6.45) is 1.75. The minimum Gasteiger partial charge on any atom is -0.266 e. The second kappa shape index (κ2) is 7.20. The Morgan fingerprint density at radius 1 is 1.19 bits per heavy atom. The average Bonchev–Trinajstić information content (AvgIpc) is 2.97. The minimum absolute atomic E-state index is 0.212. The van der Waals surface area contributed by atoms with E-state index in [1.54, 1.807) is 35.6 Å². The maximum Gasteiger partial charge on any atom is 0.296 e. The summed E-state index contributed by atoms with van der Waals surface area (Å²) in [4.78, 5) is 1.48. The van der Waals surface area contributed by atoms with Gasteiger partial charge in [0.25, 0.3) is 10.1 Å². The summed E-state index contributed by atoms with van der Waals surface area (Å²) in [5.41, 5.74) is 1.03. The van der Waals surface area contributed by atoms with Gasteiger partial charge in [-0.05, 0) is 42.8 Å². The second-order valence-corrected chi connectivity index (χ2v) is 7.76. The zero-order valence-electron chi connectivity index (χ0n) is 12.3. The fraction of sp³-hybridized carbons (Fsp3) is 0.375. The molecule has 1 aromatic carbocycles. The Morgan fingerprint density at radius 2 is 1.90 bits per heavy atom. The van der Waals surface area contributed by atoms with Crippen molar-refractivity contribution in [3.05, 3.63) is 52.2 Å². The first-order chi connectivity index (χ1) is 10.0. The van der Waals surface area contributed by atoms with E-state index in [9.17, 15) is 8.42 Å². The third-order valence-electron chi connectivity index (χ3n) is 3.42. The van der Waals surface area contributed by atoms with Crippen LogP contribution in [0.3, 0.4) is 0 Å². The van der Waals surface area contributed by atoms with Crippen molar-refractivity contribution in [3.63, 3.8) is 0 Å². The third kappa shape index (κ3) is 4.66. The molecule has 1 atom stereocenters. The van der Waals surface area contributed by atoms with Crippen LogP contribution < -0.4 is 0 Å². The van der Waals surface area contributed by atoms with Gasteiger partial charge in [-0.3, -0.25) is 4.18 Å². The summed E-state index contributed by atoms with van der Waals surface area (Å²) in [6, 6.07) is 10.8. The molecule has 5 heteroatoms. The molecule has 0 aliphatic carbocycles. The normalized spacial score (nSPS) is 13.2. The molecular formula is C16H20O3S2. The van der Waals surface area contributed by atoms with Crippen molar-refractivity contribution < 1.29 is 12.6 Å². The fourth-order valence-electron chi connectivity index (χ4n) is 1.99. The highest BCUT2D eigenvalue weighted by atomic mass is 32.2. The first-order valence-corrected chi connectivity index (χ1v) is 9.28. The van der Waals surface area contributed by atoms with Crippen molar-refractivity contribution in [2.45, 2.75) is 31.6 Å². The molecule has 114 valence electrons. The predicted octanol–water partition coefficient (Wildman–Crippen LogP) is 4.03. The monoisotopic (exact) mass is 324 g/mol. The summed E-state index contributed by atoms with van der Waals surface area (Å²) in [7, 11) is -3.66. The highest BCUT2D eigenvalue weighted by molar-refractivity contribution is 7.86. The molecule has 3 nitrogen and oxygen atoms in total. The number of benzene rings is 1. The number of rotatable bonds is 7. The maximum absolute atomic E-state index is 12.1. The van der Waals surface area contributed by atoms with Crippen LogP contribution in [0.1, 0.15) is 23.8 Å². The molecule has 0 saturated heterocycles. The molecule has 1 aromatic heterocycles. The summed E-state index contributed by atoms with van der Waals surface area (Å²) >= 11 is 1.69. The van der Waals surface area contributed by atoms with Crippen molar-refractivity contribution in [3.8, 4) is 0 Å². The van der Waals surface area contributed by atoms with E-state index < -0.39 is 10.1 Å². The summed E-state index contributed by atoms with van der Waals surface area (Å²) in [5, 5.41) is 2.03. The molecule has 0 aliphatic heterocycles. The molecule has 0 aliphatic rings. The van der Waals surface area contributed by atoms with Gasteiger partial charge in [0, 0.05) is 4.88 Å². The fourth-order valence-corrected chi connectivity index (χ4v) is 3.79. The van der Waals surface area contributed by atoms with Crippen LogP contribution in [0.4, 0.5) is 0 Å². The van der Waals surface area contributed by atoms with Crippen molar-refractivity contribution in [2.75, 3.05) is 6.61 Å². The number of hydrogen-bond acceptors (Lipinski definition) is 4. The van der Waals surface area contributed by atoms with E-state index in [2.05, 4.69) is 13.0 Å². The second-order valence-electron chi connectivity index (χ2n) is 5.11. The van der Waals surface area contributed by atoms with Gasteiger partial charge >= 0.3 is 0 Å². The highest BCUT2D eigenvalue weighted by Crippen LogP contribution is 2.20. The molecule has 0 radical (unpaired) electrons. The van der Waals surface area contributed by atoms with E-state index in [1.807, 2.05) is 18.4 Å². The summed E-state index contributed by atoms with van der Waals surface area (Å²) in [5.74, 6) is 0.212. The number of thiophene rings is 1. The van der Waals surface area contributed by atoms with E-state index in [1.165, 1.54) is 4.88 Å². The predicted molar refractivity (Wildman–Crippen MR) is 86.1 cm³/mol. The molecule has 1 heterocycles. The average molecular weight is 324 g/mol. The number of hydrogen-bond donors (Lipinski definition) is 0. The highest BCUT2D eigenvalue weighted by Gasteiger charge is 2.18. The maximum atomic E-state index is 12.1. The Kier molecular flexibility index (Phi) is 5.56. The largest absolute Gasteiger partial charge is 0.296 e. The lowest BCUT2D eigenvalue weighted by molar-refractivity contribution is 0.249. The molecule has 2 rings (SSSR count). The van der Waals surface area contributed by atoms with E-state index in [0.717, 1.165) is 18.4 Å². The van der Waals surface area contributed by atoms with Crippen LogP contribution in [0.25, 0.3) is 0 Å². The zero-order chi connectivity index (χ0) is 15.3. The van der Waals surface area contributed by atoms with E-state index >= 15 is 0 Å². The van der Waals surface area contributed by atoms with Crippen LogP contribution in [0.5, 0.6) is 0 Å². The molecule has 0 amide bonds. The molecule has 2 aromatic rings. The summed E-state index contributed by atoms with van der Waals surface area (Å²) < 4.78 is 29.5. The Balaban J connectivity index is 1.98. The van der Waals surface area contributed by atoms with E-state index in [-0.39, 0.29) is 17.4 Å². The van der Waals surface area contributed by atoms with Gasteiger partial charge in [0.15, 0.2) is 0 Å². The van der Waals surface area contributed by atoms with E-state index in [0.29, 0.717) is 0 Å². The van der Waals surface area contributed by atoms with Crippen LogP contribution in [-0.2, 0) is 20.7 Å². The van der Waals surface area contributed by atoms with Gasteiger partial charge in [-0.2, -0.15) is 8.42 Å². The number of aryl methyl sites for hydroxylation is 1. The molecule has 21 heavy (non-hydrogen) atoms. The van der Waals surface area contributed by atoms with Crippen molar-refractivity contribution in [1.29, 1.82) is 0 Å². The van der Waals surface area contributed by atoms with Crippen LogP contribution in [-0.4, -0.2) is 15.0 Å². The minimum atomic E-state index is -3.66. The Hall–Kier alpha value is -1.17. The van der Waals surface area contributed by atoms with Gasteiger partial charge in [-0.15, -0.1) is 11.3 Å². The van der Waals surface area contributed by atoms with Gasteiger partial charge in [-0.1, -0.05) is 37.1 Å². The van der Waals surface area contributed by atoms with Crippen LogP contribution >= 0.6 is 11.3 Å². The van der Waals surface area contributed by atoms with Gasteiger partial charge in [-0.25, -0.2) is 0 Å². The SMILES string of the molecule is CCC(COS(=O)(=O)c1ccc(C)cc1)Cc1cccs1. The molecule has 0 spiro atoms. The first kappa shape index (κ1) is 16.2. The third-order valence-corrected chi connectivity index (χ3v) is 5.61. The molecule has 0 N–H and O–H groups in total. The van der Waals surface area contributed by atoms with Crippen LogP contribution in [0.2, 0.25) is 0 Å². The first-order valence-electron chi connectivity index (χ1n) is 6.99. The van der Waals surface area contributed by atoms with Gasteiger partial charge in [0.2, 0.25) is 0 Å². The Labute approximate surface area is 130 Å². The Morgan fingerprint density at radius 3 is 2.48 bits per heavy atom. The van der Waals surface area contributed by atoms with Crippen molar-refractivity contribution >= 4 is 21.5 Å². The van der Waals surface area contributed by atoms with Gasteiger partial charge < -0.3 is 0 Å². The molecule has 0 fully saturated rings. The Bertz CT molecular complexity index is 643.